The zero-order valence-corrected chi connectivity index (χ0v) is 14.8. The monoisotopic (exact) mass is 310 g/mol. The molecule has 2 heteroatoms. The Morgan fingerprint density at radius 2 is 1.09 bits per heavy atom. The highest BCUT2D eigenvalue weighted by Crippen LogP contribution is 2.11. The molecule has 22 heavy (non-hydrogen) atoms. The largest absolute Gasteiger partial charge is 0.481 e. The van der Waals surface area contributed by atoms with Gasteiger partial charge >= 0.3 is 5.97 Å². The Kier molecular flexibility index (Phi) is 17.6. The van der Waals surface area contributed by atoms with E-state index >= 15 is 0 Å². The van der Waals surface area contributed by atoms with Crippen molar-refractivity contribution >= 4 is 5.97 Å². The van der Waals surface area contributed by atoms with Crippen LogP contribution in [0.3, 0.4) is 0 Å². The first-order valence-corrected chi connectivity index (χ1v) is 9.64. The maximum Gasteiger partial charge on any atom is 0.303 e. The van der Waals surface area contributed by atoms with E-state index in [1.54, 1.807) is 0 Å². The third-order valence-corrected chi connectivity index (χ3v) is 4.15. The summed E-state index contributed by atoms with van der Waals surface area (Å²) in [5, 5.41) is 8.53. The van der Waals surface area contributed by atoms with E-state index in [0.717, 1.165) is 12.8 Å². The Morgan fingerprint density at radius 3 is 1.55 bits per heavy atom. The zero-order chi connectivity index (χ0) is 16.3. The standard InChI is InChI=1S/C20H38O2/c1-2-3-4-5-6-7-8-9-10-11-12-13-14-15-16-17-18-19-20(21)22/h8-9H,2-7,10-19H2,1H3,(H,21,22)/b9-8-. The third kappa shape index (κ3) is 19.2. The molecule has 0 heterocycles. The Hall–Kier alpha value is -0.790. The predicted octanol–water partition coefficient (Wildman–Crippen LogP) is 6.89. The van der Waals surface area contributed by atoms with Crippen LogP contribution in [0.25, 0.3) is 0 Å². The summed E-state index contributed by atoms with van der Waals surface area (Å²) in [6.07, 6.45) is 24.2. The Labute approximate surface area is 138 Å². The fourth-order valence-corrected chi connectivity index (χ4v) is 2.70. The van der Waals surface area contributed by atoms with Crippen molar-refractivity contribution in [3.05, 3.63) is 12.2 Å². The van der Waals surface area contributed by atoms with Crippen LogP contribution in [0, 0.1) is 0 Å². The highest BCUT2D eigenvalue weighted by Gasteiger charge is 1.96. The minimum atomic E-state index is -0.658. The van der Waals surface area contributed by atoms with Gasteiger partial charge in [-0.2, -0.15) is 0 Å². The first-order valence-electron chi connectivity index (χ1n) is 9.64. The normalized spacial score (nSPS) is 11.3. The molecule has 0 aromatic heterocycles. The summed E-state index contributed by atoms with van der Waals surface area (Å²) in [5.41, 5.74) is 0. The summed E-state index contributed by atoms with van der Waals surface area (Å²) < 4.78 is 0. The summed E-state index contributed by atoms with van der Waals surface area (Å²) in [4.78, 5) is 10.4. The maximum atomic E-state index is 10.4. The number of aliphatic carboxylic acids is 1. The van der Waals surface area contributed by atoms with Gasteiger partial charge in [-0.25, -0.2) is 0 Å². The number of unbranched alkanes of at least 4 members (excludes halogenated alkanes) is 13. The molecule has 0 radical (unpaired) electrons. The molecule has 0 unspecified atom stereocenters. The molecule has 0 fully saturated rings. The Balaban J connectivity index is 3.06. The minimum absolute atomic E-state index is 0.338. The summed E-state index contributed by atoms with van der Waals surface area (Å²) in [5.74, 6) is -0.658. The molecular weight excluding hydrogens is 272 g/mol. The van der Waals surface area contributed by atoms with Crippen LogP contribution in [0.1, 0.15) is 110 Å². The van der Waals surface area contributed by atoms with Crippen LogP contribution in [0.15, 0.2) is 12.2 Å². The Bertz CT molecular complexity index is 258. The van der Waals surface area contributed by atoms with Gasteiger partial charge < -0.3 is 5.11 Å². The van der Waals surface area contributed by atoms with Gasteiger partial charge in [-0.1, -0.05) is 83.3 Å². The summed E-state index contributed by atoms with van der Waals surface area (Å²) in [7, 11) is 0. The van der Waals surface area contributed by atoms with Gasteiger partial charge in [0.05, 0.1) is 0 Å². The van der Waals surface area contributed by atoms with Crippen molar-refractivity contribution in [1.82, 2.24) is 0 Å². The molecule has 130 valence electrons. The molecule has 2 nitrogen and oxygen atoms in total. The first-order chi connectivity index (χ1) is 10.8. The molecule has 0 amide bonds. The molecule has 0 spiro atoms. The van der Waals surface area contributed by atoms with Gasteiger partial charge in [0.15, 0.2) is 0 Å². The van der Waals surface area contributed by atoms with Crippen LogP contribution >= 0.6 is 0 Å². The quantitative estimate of drug-likeness (QED) is 0.234. The fourth-order valence-electron chi connectivity index (χ4n) is 2.70. The van der Waals surface area contributed by atoms with Crippen molar-refractivity contribution in [1.29, 1.82) is 0 Å². The molecule has 0 aromatic rings. The molecule has 0 saturated carbocycles. The lowest BCUT2D eigenvalue weighted by Crippen LogP contribution is -1.93. The molecule has 0 aliphatic heterocycles. The predicted molar refractivity (Wildman–Crippen MR) is 96.3 cm³/mol. The van der Waals surface area contributed by atoms with E-state index in [-0.39, 0.29) is 0 Å². The highest BCUT2D eigenvalue weighted by molar-refractivity contribution is 5.66. The number of carboxylic acid groups (broad SMARTS) is 1. The number of rotatable bonds is 17. The number of carboxylic acids is 1. The molecule has 0 aliphatic rings. The molecule has 0 saturated heterocycles. The van der Waals surface area contributed by atoms with Gasteiger partial charge in [0.2, 0.25) is 0 Å². The average Bonchev–Trinajstić information content (AvgIpc) is 2.50. The lowest BCUT2D eigenvalue weighted by Gasteiger charge is -2.01. The van der Waals surface area contributed by atoms with Gasteiger partial charge in [-0.05, 0) is 32.1 Å². The number of hydrogen-bond acceptors (Lipinski definition) is 1. The minimum Gasteiger partial charge on any atom is -0.481 e. The number of hydrogen-bond donors (Lipinski definition) is 1. The van der Waals surface area contributed by atoms with Crippen LogP contribution in [0.5, 0.6) is 0 Å². The van der Waals surface area contributed by atoms with E-state index in [1.807, 2.05) is 0 Å². The average molecular weight is 311 g/mol. The van der Waals surface area contributed by atoms with Crippen molar-refractivity contribution in [2.45, 2.75) is 110 Å². The summed E-state index contributed by atoms with van der Waals surface area (Å²) in [6.45, 7) is 2.26. The first kappa shape index (κ1) is 21.2. The van der Waals surface area contributed by atoms with E-state index in [1.165, 1.54) is 83.5 Å². The van der Waals surface area contributed by atoms with Crippen molar-refractivity contribution < 1.29 is 9.90 Å². The van der Waals surface area contributed by atoms with Crippen LogP contribution in [-0.4, -0.2) is 11.1 Å². The molecule has 0 aromatic carbocycles. The SMILES string of the molecule is CCCCCCC/C=C\CCCCCCCCCCC(=O)O. The topological polar surface area (TPSA) is 37.3 Å². The van der Waals surface area contributed by atoms with Crippen LogP contribution in [0.4, 0.5) is 0 Å². The van der Waals surface area contributed by atoms with Gasteiger partial charge in [0.1, 0.15) is 0 Å². The highest BCUT2D eigenvalue weighted by atomic mass is 16.4. The van der Waals surface area contributed by atoms with Crippen LogP contribution in [0.2, 0.25) is 0 Å². The summed E-state index contributed by atoms with van der Waals surface area (Å²) in [6, 6.07) is 0. The second-order valence-corrected chi connectivity index (χ2v) is 6.44. The Morgan fingerprint density at radius 1 is 0.682 bits per heavy atom. The number of allylic oxidation sites excluding steroid dienone is 2. The van der Waals surface area contributed by atoms with Gasteiger partial charge in [-0.15, -0.1) is 0 Å². The smallest absolute Gasteiger partial charge is 0.303 e. The second kappa shape index (κ2) is 18.3. The lowest BCUT2D eigenvalue weighted by molar-refractivity contribution is -0.137. The molecule has 0 atom stereocenters. The molecule has 0 aliphatic carbocycles. The number of carbonyl (C=O) groups is 1. The molecular formula is C20H38O2. The van der Waals surface area contributed by atoms with Crippen molar-refractivity contribution in [3.63, 3.8) is 0 Å². The lowest BCUT2D eigenvalue weighted by atomic mass is 10.1. The molecule has 0 rings (SSSR count). The van der Waals surface area contributed by atoms with Crippen LogP contribution in [-0.2, 0) is 4.79 Å². The zero-order valence-electron chi connectivity index (χ0n) is 14.8. The molecule has 1 N–H and O–H groups in total. The van der Waals surface area contributed by atoms with Gasteiger partial charge in [-0.3, -0.25) is 4.79 Å². The van der Waals surface area contributed by atoms with Gasteiger partial charge in [0.25, 0.3) is 0 Å². The third-order valence-electron chi connectivity index (χ3n) is 4.15. The van der Waals surface area contributed by atoms with E-state index in [2.05, 4.69) is 19.1 Å². The van der Waals surface area contributed by atoms with Crippen LogP contribution < -0.4 is 0 Å². The second-order valence-electron chi connectivity index (χ2n) is 6.44. The van der Waals surface area contributed by atoms with E-state index in [4.69, 9.17) is 5.11 Å². The fraction of sp³-hybridized carbons (Fsp3) is 0.850. The van der Waals surface area contributed by atoms with E-state index in [9.17, 15) is 4.79 Å². The van der Waals surface area contributed by atoms with E-state index < -0.39 is 5.97 Å². The van der Waals surface area contributed by atoms with E-state index in [0.29, 0.717) is 6.42 Å². The molecule has 0 bridgehead atoms. The summed E-state index contributed by atoms with van der Waals surface area (Å²) >= 11 is 0. The van der Waals surface area contributed by atoms with Crippen molar-refractivity contribution in [2.75, 3.05) is 0 Å². The van der Waals surface area contributed by atoms with Gasteiger partial charge in [0, 0.05) is 6.42 Å². The van der Waals surface area contributed by atoms with Crippen molar-refractivity contribution in [2.24, 2.45) is 0 Å². The van der Waals surface area contributed by atoms with Crippen molar-refractivity contribution in [3.8, 4) is 0 Å². The maximum absolute atomic E-state index is 10.4.